The molecule has 2 rings (SSSR count). The van der Waals surface area contributed by atoms with Crippen LogP contribution in [0.5, 0.6) is 0 Å². The van der Waals surface area contributed by atoms with E-state index < -0.39 is 5.54 Å². The molecule has 0 saturated carbocycles. The van der Waals surface area contributed by atoms with E-state index in [1.165, 1.54) is 0 Å². The van der Waals surface area contributed by atoms with Crippen molar-refractivity contribution in [2.45, 2.75) is 32.9 Å². The molecule has 102 valence electrons. The molecule has 1 fully saturated rings. The lowest BCUT2D eigenvalue weighted by Crippen LogP contribution is -2.45. The second-order valence-corrected chi connectivity index (χ2v) is 5.44. The lowest BCUT2D eigenvalue weighted by molar-refractivity contribution is 0.121. The molecule has 2 heterocycles. The summed E-state index contributed by atoms with van der Waals surface area (Å²) >= 11 is 0. The Morgan fingerprint density at radius 1 is 1.22 bits per heavy atom. The molecule has 1 aliphatic rings. The van der Waals surface area contributed by atoms with Crippen molar-refractivity contribution in [3.8, 4) is 0 Å². The fraction of sp³-hybridized carbons (Fsp3) is 0.833. The van der Waals surface area contributed by atoms with Crippen molar-refractivity contribution in [2.24, 2.45) is 5.73 Å². The maximum Gasteiger partial charge on any atom is 0.240 e. The predicted octanol–water partition coefficient (Wildman–Crippen LogP) is 0.401. The number of piperazine rings is 1. The van der Waals surface area contributed by atoms with E-state index in [4.69, 9.17) is 10.3 Å². The van der Waals surface area contributed by atoms with E-state index in [2.05, 4.69) is 26.9 Å². The van der Waals surface area contributed by atoms with Gasteiger partial charge in [0.05, 0.1) is 12.1 Å². The first-order chi connectivity index (χ1) is 8.49. The van der Waals surface area contributed by atoms with Gasteiger partial charge in [0.2, 0.25) is 5.89 Å². The molecule has 0 spiro atoms. The number of hydrogen-bond acceptors (Lipinski definition) is 6. The summed E-state index contributed by atoms with van der Waals surface area (Å²) in [5, 5.41) is 3.94. The van der Waals surface area contributed by atoms with Crippen LogP contribution in [0.15, 0.2) is 4.52 Å². The maximum absolute atomic E-state index is 5.93. The quantitative estimate of drug-likeness (QED) is 0.837. The Bertz CT molecular complexity index is 376. The Morgan fingerprint density at radius 2 is 1.83 bits per heavy atom. The van der Waals surface area contributed by atoms with Crippen molar-refractivity contribution in [2.75, 3.05) is 32.7 Å². The summed E-state index contributed by atoms with van der Waals surface area (Å²) in [5.74, 6) is 1.23. The third-order valence-electron chi connectivity index (χ3n) is 3.32. The first kappa shape index (κ1) is 13.5. The molecule has 0 bridgehead atoms. The molecule has 6 nitrogen and oxygen atoms in total. The Labute approximate surface area is 108 Å². The van der Waals surface area contributed by atoms with Crippen LogP contribution in [0.4, 0.5) is 0 Å². The number of hydrogen-bond donors (Lipinski definition) is 1. The zero-order valence-electron chi connectivity index (χ0n) is 11.5. The summed E-state index contributed by atoms with van der Waals surface area (Å²) in [5.41, 5.74) is 5.40. The molecule has 0 atom stereocenters. The Hall–Kier alpha value is -0.980. The van der Waals surface area contributed by atoms with Crippen LogP contribution in [0.25, 0.3) is 0 Å². The molecule has 0 aliphatic carbocycles. The van der Waals surface area contributed by atoms with Crippen molar-refractivity contribution in [1.82, 2.24) is 19.9 Å². The number of aromatic nitrogens is 2. The first-order valence-electron chi connectivity index (χ1n) is 6.55. The number of nitrogens with zero attached hydrogens (tertiary/aromatic N) is 4. The van der Waals surface area contributed by atoms with Gasteiger partial charge in [-0.25, -0.2) is 0 Å². The highest BCUT2D eigenvalue weighted by Gasteiger charge is 2.23. The van der Waals surface area contributed by atoms with E-state index in [0.29, 0.717) is 11.7 Å². The molecule has 0 radical (unpaired) electrons. The second-order valence-electron chi connectivity index (χ2n) is 5.44. The van der Waals surface area contributed by atoms with Crippen LogP contribution in [0.1, 0.15) is 32.5 Å². The summed E-state index contributed by atoms with van der Waals surface area (Å²) < 4.78 is 5.25. The molecule has 0 unspecified atom stereocenters. The van der Waals surface area contributed by atoms with Gasteiger partial charge in [0, 0.05) is 26.2 Å². The van der Waals surface area contributed by atoms with Crippen LogP contribution in [-0.2, 0) is 12.1 Å². The van der Waals surface area contributed by atoms with Crippen molar-refractivity contribution in [3.63, 3.8) is 0 Å². The number of rotatable bonds is 4. The Morgan fingerprint density at radius 3 is 2.33 bits per heavy atom. The van der Waals surface area contributed by atoms with E-state index in [0.717, 1.165) is 39.3 Å². The Kier molecular flexibility index (Phi) is 3.99. The lowest BCUT2D eigenvalue weighted by atomic mass is 10.1. The van der Waals surface area contributed by atoms with E-state index in [-0.39, 0.29) is 0 Å². The molecule has 6 heteroatoms. The van der Waals surface area contributed by atoms with Crippen LogP contribution < -0.4 is 5.73 Å². The summed E-state index contributed by atoms with van der Waals surface area (Å²) in [6, 6.07) is 0. The predicted molar refractivity (Wildman–Crippen MR) is 68.9 cm³/mol. The van der Waals surface area contributed by atoms with E-state index in [1.807, 2.05) is 13.8 Å². The van der Waals surface area contributed by atoms with Crippen LogP contribution in [0, 0.1) is 0 Å². The van der Waals surface area contributed by atoms with Gasteiger partial charge < -0.3 is 15.2 Å². The van der Waals surface area contributed by atoms with E-state index in [9.17, 15) is 0 Å². The average molecular weight is 253 g/mol. The highest BCUT2D eigenvalue weighted by Crippen LogP contribution is 2.14. The zero-order chi connectivity index (χ0) is 13.2. The minimum atomic E-state index is -0.539. The monoisotopic (exact) mass is 253 g/mol. The van der Waals surface area contributed by atoms with Gasteiger partial charge in [-0.05, 0) is 20.4 Å². The third kappa shape index (κ3) is 3.28. The van der Waals surface area contributed by atoms with E-state index >= 15 is 0 Å². The molecular formula is C12H23N5O. The fourth-order valence-electron chi connectivity index (χ4n) is 2.04. The SMILES string of the molecule is CCN1CCN(Cc2nc(C(C)(C)N)no2)CC1. The van der Waals surface area contributed by atoms with Gasteiger partial charge in [-0.1, -0.05) is 12.1 Å². The number of nitrogens with two attached hydrogens (primary N) is 1. The second kappa shape index (κ2) is 5.34. The van der Waals surface area contributed by atoms with Crippen LogP contribution >= 0.6 is 0 Å². The Balaban J connectivity index is 1.89. The van der Waals surface area contributed by atoms with Crippen LogP contribution in [0.3, 0.4) is 0 Å². The van der Waals surface area contributed by atoms with Crippen LogP contribution in [0.2, 0.25) is 0 Å². The molecule has 1 saturated heterocycles. The maximum atomic E-state index is 5.93. The largest absolute Gasteiger partial charge is 0.338 e. The molecule has 1 aromatic rings. The van der Waals surface area contributed by atoms with Gasteiger partial charge >= 0.3 is 0 Å². The van der Waals surface area contributed by atoms with Gasteiger partial charge in [0.25, 0.3) is 0 Å². The minimum absolute atomic E-state index is 0.539. The van der Waals surface area contributed by atoms with Crippen molar-refractivity contribution < 1.29 is 4.52 Å². The lowest BCUT2D eigenvalue weighted by Gasteiger charge is -2.33. The summed E-state index contributed by atoms with van der Waals surface area (Å²) in [4.78, 5) is 9.14. The molecular weight excluding hydrogens is 230 g/mol. The summed E-state index contributed by atoms with van der Waals surface area (Å²) in [7, 11) is 0. The van der Waals surface area contributed by atoms with Gasteiger partial charge in [0.15, 0.2) is 5.82 Å². The van der Waals surface area contributed by atoms with Crippen molar-refractivity contribution in [1.29, 1.82) is 0 Å². The topological polar surface area (TPSA) is 71.4 Å². The van der Waals surface area contributed by atoms with E-state index in [1.54, 1.807) is 0 Å². The highest BCUT2D eigenvalue weighted by atomic mass is 16.5. The zero-order valence-corrected chi connectivity index (χ0v) is 11.5. The molecule has 1 aromatic heterocycles. The molecule has 1 aliphatic heterocycles. The summed E-state index contributed by atoms with van der Waals surface area (Å²) in [6.07, 6.45) is 0. The standard InChI is InChI=1S/C12H23N5O/c1-4-16-5-7-17(8-6-16)9-10-14-11(15-18-10)12(2,3)13/h4-9,13H2,1-3H3. The van der Waals surface area contributed by atoms with Gasteiger partial charge in [-0.2, -0.15) is 4.98 Å². The van der Waals surface area contributed by atoms with Crippen molar-refractivity contribution >= 4 is 0 Å². The summed E-state index contributed by atoms with van der Waals surface area (Å²) in [6.45, 7) is 12.1. The third-order valence-corrected chi connectivity index (χ3v) is 3.32. The molecule has 0 amide bonds. The molecule has 0 aromatic carbocycles. The average Bonchev–Trinajstić information content (AvgIpc) is 2.78. The molecule has 2 N–H and O–H groups in total. The number of likely N-dealkylation sites (N-methyl/N-ethyl adjacent to an activating group) is 1. The fourth-order valence-corrected chi connectivity index (χ4v) is 2.04. The minimum Gasteiger partial charge on any atom is -0.338 e. The van der Waals surface area contributed by atoms with Gasteiger partial charge in [-0.15, -0.1) is 0 Å². The normalized spacial score (nSPS) is 19.3. The smallest absolute Gasteiger partial charge is 0.240 e. The van der Waals surface area contributed by atoms with Crippen molar-refractivity contribution in [3.05, 3.63) is 11.7 Å². The van der Waals surface area contributed by atoms with Gasteiger partial charge in [-0.3, -0.25) is 4.90 Å². The van der Waals surface area contributed by atoms with Gasteiger partial charge in [0.1, 0.15) is 0 Å². The molecule has 18 heavy (non-hydrogen) atoms. The highest BCUT2D eigenvalue weighted by molar-refractivity contribution is 4.99. The first-order valence-corrected chi connectivity index (χ1v) is 6.55. The van der Waals surface area contributed by atoms with Crippen LogP contribution in [-0.4, -0.2) is 52.7 Å².